The summed E-state index contributed by atoms with van der Waals surface area (Å²) in [6.07, 6.45) is 6.60. The van der Waals surface area contributed by atoms with Crippen molar-refractivity contribution >= 4 is 11.5 Å². The van der Waals surface area contributed by atoms with Crippen LogP contribution in [-0.4, -0.2) is 19.3 Å². The second-order valence-electron chi connectivity index (χ2n) is 1.34. The van der Waals surface area contributed by atoms with Gasteiger partial charge in [0.25, 0.3) is 0 Å². The Morgan fingerprint density at radius 3 is 2.50 bits per heavy atom. The van der Waals surface area contributed by atoms with Crippen molar-refractivity contribution in [1.29, 1.82) is 0 Å². The van der Waals surface area contributed by atoms with Crippen LogP contribution in [0.4, 0.5) is 0 Å². The Morgan fingerprint density at radius 1 is 1.30 bits per heavy atom. The molecule has 0 atom stereocenters. The second-order valence-corrected chi connectivity index (χ2v) is 1.97. The van der Waals surface area contributed by atoms with Gasteiger partial charge in [0.2, 0.25) is 0 Å². The first-order chi connectivity index (χ1) is 5.00. The van der Waals surface area contributed by atoms with Crippen LogP contribution in [0.3, 0.4) is 0 Å². The van der Waals surface area contributed by atoms with Gasteiger partial charge >= 0.3 is 0 Å². The van der Waals surface area contributed by atoms with Crippen molar-refractivity contribution in [3.63, 3.8) is 0 Å². The minimum atomic E-state index is 1.35. The molecule has 0 spiro atoms. The Hall–Kier alpha value is -1.23. The number of hydrogen-bond acceptors (Lipinski definition) is 4. The maximum absolute atomic E-state index is 3.67. The fourth-order valence-corrected chi connectivity index (χ4v) is 0.623. The maximum Gasteiger partial charge on any atom is 0.129 e. The fourth-order valence-electron chi connectivity index (χ4n) is 0.351. The van der Waals surface area contributed by atoms with E-state index in [9.17, 15) is 0 Å². The van der Waals surface area contributed by atoms with E-state index in [0.29, 0.717) is 0 Å². The zero-order valence-corrected chi connectivity index (χ0v) is 5.95. The molecular formula is C5H6N4S. The summed E-state index contributed by atoms with van der Waals surface area (Å²) in [6.45, 7) is 0. The number of hydrogen-bond donors (Lipinski definition) is 1. The van der Waals surface area contributed by atoms with Crippen molar-refractivity contribution in [3.05, 3.63) is 30.6 Å². The molecule has 1 N–H and O–H groups in total. The molecule has 0 aliphatic rings. The minimum absolute atomic E-state index is 1.35. The van der Waals surface area contributed by atoms with E-state index in [2.05, 4.69) is 19.3 Å². The van der Waals surface area contributed by atoms with Crippen LogP contribution in [0.1, 0.15) is 0 Å². The van der Waals surface area contributed by atoms with Crippen LogP contribution in [0.5, 0.6) is 0 Å². The Labute approximate surface area is 62.1 Å². The molecule has 0 aliphatic carbocycles. The topological polar surface area (TPSA) is 54.5 Å². The van der Waals surface area contributed by atoms with Gasteiger partial charge in [-0.2, -0.15) is 4.37 Å². The molecule has 2 heterocycles. The molecule has 0 radical (unpaired) electrons. The average molecular weight is 154 g/mol. The number of H-pyrrole nitrogens is 1. The van der Waals surface area contributed by atoms with Crippen LogP contribution in [0, 0.1) is 0 Å². The quantitative estimate of drug-likeness (QED) is 0.614. The molecule has 0 saturated carbocycles. The predicted octanol–water partition coefficient (Wildman–Crippen LogP) is 0.948. The first-order valence-corrected chi connectivity index (χ1v) is 3.46. The molecule has 5 heteroatoms. The zero-order chi connectivity index (χ0) is 7.07. The highest BCUT2D eigenvalue weighted by Crippen LogP contribution is 1.77. The van der Waals surface area contributed by atoms with Gasteiger partial charge < -0.3 is 4.98 Å². The molecule has 0 aromatic carbocycles. The van der Waals surface area contributed by atoms with Crippen LogP contribution in [0.2, 0.25) is 0 Å². The van der Waals surface area contributed by atoms with Crippen LogP contribution in [0.25, 0.3) is 0 Å². The summed E-state index contributed by atoms with van der Waals surface area (Å²) in [5.41, 5.74) is 1.68. The number of nitrogens with one attached hydrogen (secondary N) is 1. The lowest BCUT2D eigenvalue weighted by Gasteiger charge is -1.46. The third-order valence-corrected chi connectivity index (χ3v) is 1.12. The Bertz CT molecular complexity index is 153. The highest BCUT2D eigenvalue weighted by atomic mass is 32.1. The number of imidazole rings is 1. The maximum atomic E-state index is 3.67. The molecule has 52 valence electrons. The molecule has 0 aliphatic heterocycles. The monoisotopic (exact) mass is 154 g/mol. The number of nitrogens with zero attached hydrogens (tertiary/aromatic N) is 3. The first-order valence-electron chi connectivity index (χ1n) is 2.62. The van der Waals surface area contributed by atoms with Gasteiger partial charge in [-0.05, 0) is 11.5 Å². The Balaban J connectivity index is 0.0000001000. The molecule has 0 fully saturated rings. The molecule has 0 amide bonds. The van der Waals surface area contributed by atoms with E-state index in [4.69, 9.17) is 0 Å². The lowest BCUT2D eigenvalue weighted by Crippen LogP contribution is -1.44. The zero-order valence-electron chi connectivity index (χ0n) is 5.14. The van der Waals surface area contributed by atoms with Gasteiger partial charge in [-0.3, -0.25) is 0 Å². The van der Waals surface area contributed by atoms with Crippen molar-refractivity contribution < 1.29 is 0 Å². The Morgan fingerprint density at radius 2 is 2.30 bits per heavy atom. The summed E-state index contributed by atoms with van der Waals surface area (Å²) in [4.78, 5) is 10.0. The van der Waals surface area contributed by atoms with E-state index in [-0.39, 0.29) is 0 Å². The number of aromatic amines is 1. The van der Waals surface area contributed by atoms with Gasteiger partial charge in [0.1, 0.15) is 11.8 Å². The van der Waals surface area contributed by atoms with E-state index in [1.165, 1.54) is 17.9 Å². The van der Waals surface area contributed by atoms with Crippen LogP contribution < -0.4 is 0 Å². The van der Waals surface area contributed by atoms with E-state index < -0.39 is 0 Å². The van der Waals surface area contributed by atoms with Gasteiger partial charge in [-0.15, -0.1) is 0 Å². The SMILES string of the molecule is c1c[nH]cn1.c1ncsn1. The third kappa shape index (κ3) is 2.93. The van der Waals surface area contributed by atoms with Gasteiger partial charge in [0.15, 0.2) is 0 Å². The van der Waals surface area contributed by atoms with Gasteiger partial charge in [-0.25, -0.2) is 9.97 Å². The normalized spacial score (nSPS) is 8.00. The largest absolute Gasteiger partial charge is 0.351 e. The molecule has 4 nitrogen and oxygen atoms in total. The molecule has 2 rings (SSSR count). The van der Waals surface area contributed by atoms with Gasteiger partial charge in [0, 0.05) is 12.4 Å². The fraction of sp³-hybridized carbons (Fsp3) is 0. The minimum Gasteiger partial charge on any atom is -0.351 e. The van der Waals surface area contributed by atoms with Crippen molar-refractivity contribution in [2.75, 3.05) is 0 Å². The number of rotatable bonds is 0. The van der Waals surface area contributed by atoms with Crippen LogP contribution in [0.15, 0.2) is 30.6 Å². The molecule has 0 unspecified atom stereocenters. The summed E-state index contributed by atoms with van der Waals surface area (Å²) in [7, 11) is 0. The summed E-state index contributed by atoms with van der Waals surface area (Å²) in [5, 5.41) is 0. The van der Waals surface area contributed by atoms with Crippen LogP contribution >= 0.6 is 11.5 Å². The van der Waals surface area contributed by atoms with Gasteiger partial charge in [0.05, 0.1) is 6.33 Å². The average Bonchev–Trinajstić information content (AvgIpc) is 2.67. The summed E-state index contributed by atoms with van der Waals surface area (Å²) in [6, 6.07) is 0. The number of aromatic nitrogens is 4. The second kappa shape index (κ2) is 4.63. The highest BCUT2D eigenvalue weighted by Gasteiger charge is 1.60. The van der Waals surface area contributed by atoms with Crippen molar-refractivity contribution in [3.8, 4) is 0 Å². The Kier molecular flexibility index (Phi) is 3.19. The van der Waals surface area contributed by atoms with Crippen molar-refractivity contribution in [2.45, 2.75) is 0 Å². The lowest BCUT2D eigenvalue weighted by atomic mass is 11.0. The van der Waals surface area contributed by atoms with Gasteiger partial charge in [-0.1, -0.05) is 0 Å². The molecule has 0 saturated heterocycles. The predicted molar refractivity (Wildman–Crippen MR) is 38.5 cm³/mol. The van der Waals surface area contributed by atoms with Crippen molar-refractivity contribution in [1.82, 2.24) is 19.3 Å². The molecular weight excluding hydrogens is 148 g/mol. The smallest absolute Gasteiger partial charge is 0.129 e. The van der Waals surface area contributed by atoms with E-state index in [0.717, 1.165) is 0 Å². The van der Waals surface area contributed by atoms with E-state index in [1.807, 2.05) is 0 Å². The van der Waals surface area contributed by atoms with E-state index in [1.54, 1.807) is 24.2 Å². The summed E-state index contributed by atoms with van der Waals surface area (Å²) in [5.74, 6) is 0. The summed E-state index contributed by atoms with van der Waals surface area (Å²) < 4.78 is 3.65. The molecule has 2 aromatic heterocycles. The standard InChI is InChI=1S/C3H4N2.C2H2N2S/c1-2-5-3-4-1;1-3-2-5-4-1/h1-3H,(H,4,5);1-2H. The highest BCUT2D eigenvalue weighted by molar-refractivity contribution is 7.03. The molecule has 0 bridgehead atoms. The van der Waals surface area contributed by atoms with E-state index >= 15 is 0 Å². The van der Waals surface area contributed by atoms with Crippen LogP contribution in [-0.2, 0) is 0 Å². The van der Waals surface area contributed by atoms with Crippen molar-refractivity contribution in [2.24, 2.45) is 0 Å². The summed E-state index contributed by atoms with van der Waals surface area (Å²) >= 11 is 1.35. The third-order valence-electron chi connectivity index (χ3n) is 0.689. The molecule has 10 heavy (non-hydrogen) atoms. The first kappa shape index (κ1) is 6.88. The lowest BCUT2D eigenvalue weighted by molar-refractivity contribution is 1.31. The molecule has 2 aromatic rings.